The van der Waals surface area contributed by atoms with Gasteiger partial charge in [-0.2, -0.15) is 0 Å². The molecule has 1 amide bonds. The number of nitrogens with zero attached hydrogens (tertiary/aromatic N) is 1. The summed E-state index contributed by atoms with van der Waals surface area (Å²) in [6.07, 6.45) is 0.692. The van der Waals surface area contributed by atoms with E-state index >= 15 is 0 Å². The molecule has 1 aromatic rings. The van der Waals surface area contributed by atoms with Crippen LogP contribution in [-0.4, -0.2) is 50.2 Å². The monoisotopic (exact) mass is 341 g/mol. The first kappa shape index (κ1) is 19.5. The van der Waals surface area contributed by atoms with E-state index in [0.29, 0.717) is 36.8 Å². The van der Waals surface area contributed by atoms with Crippen molar-refractivity contribution < 1.29 is 19.1 Å². The minimum absolute atomic E-state index is 0.192. The van der Waals surface area contributed by atoms with Gasteiger partial charge in [0.25, 0.3) is 5.91 Å². The molecule has 0 aliphatic rings. The first-order chi connectivity index (χ1) is 11.0. The van der Waals surface area contributed by atoms with E-state index in [1.807, 2.05) is 6.92 Å². The number of hydrogen-bond donors (Lipinski definition) is 0. The highest BCUT2D eigenvalue weighted by molar-refractivity contribution is 6.33. The second-order valence-corrected chi connectivity index (χ2v) is 5.61. The van der Waals surface area contributed by atoms with Crippen molar-refractivity contribution in [2.75, 3.05) is 33.4 Å². The Morgan fingerprint density at radius 3 is 2.61 bits per heavy atom. The molecule has 0 aliphatic heterocycles. The molecule has 23 heavy (non-hydrogen) atoms. The maximum absolute atomic E-state index is 12.7. The largest absolute Gasteiger partial charge is 0.469 e. The van der Waals surface area contributed by atoms with Crippen LogP contribution in [0.5, 0.6) is 0 Å². The van der Waals surface area contributed by atoms with E-state index < -0.39 is 5.92 Å². The summed E-state index contributed by atoms with van der Waals surface area (Å²) in [4.78, 5) is 26.0. The van der Waals surface area contributed by atoms with Crippen molar-refractivity contribution in [3.8, 4) is 0 Å². The number of carbonyl (C=O) groups excluding carboxylic acids is 2. The van der Waals surface area contributed by atoms with Crippen LogP contribution in [0.4, 0.5) is 0 Å². The number of amides is 1. The standard InChI is InChI=1S/C17H24ClNO4/c1-4-23-11-7-10-19(12-13(2)17(21)22-3)16(20)14-8-5-6-9-15(14)18/h5-6,8-9,13H,4,7,10-12H2,1-3H3. The zero-order valence-electron chi connectivity index (χ0n) is 13.9. The van der Waals surface area contributed by atoms with Crippen molar-refractivity contribution in [1.82, 2.24) is 4.90 Å². The maximum Gasteiger partial charge on any atom is 0.310 e. The number of benzene rings is 1. The number of hydrogen-bond acceptors (Lipinski definition) is 4. The third-order valence-corrected chi connectivity index (χ3v) is 3.74. The van der Waals surface area contributed by atoms with E-state index in [4.69, 9.17) is 21.1 Å². The van der Waals surface area contributed by atoms with Gasteiger partial charge in [-0.15, -0.1) is 0 Å². The lowest BCUT2D eigenvalue weighted by atomic mass is 10.1. The van der Waals surface area contributed by atoms with Gasteiger partial charge in [-0.1, -0.05) is 30.7 Å². The van der Waals surface area contributed by atoms with Crippen LogP contribution in [-0.2, 0) is 14.3 Å². The van der Waals surface area contributed by atoms with Gasteiger partial charge in [0.1, 0.15) is 0 Å². The first-order valence-corrected chi connectivity index (χ1v) is 8.08. The molecule has 1 rings (SSSR count). The second-order valence-electron chi connectivity index (χ2n) is 5.21. The van der Waals surface area contributed by atoms with Gasteiger partial charge in [-0.05, 0) is 25.5 Å². The van der Waals surface area contributed by atoms with Crippen molar-refractivity contribution in [2.24, 2.45) is 5.92 Å². The Balaban J connectivity index is 2.82. The van der Waals surface area contributed by atoms with Crippen LogP contribution >= 0.6 is 11.6 Å². The van der Waals surface area contributed by atoms with Gasteiger partial charge in [0, 0.05) is 26.3 Å². The molecule has 1 aromatic carbocycles. The lowest BCUT2D eigenvalue weighted by Gasteiger charge is -2.25. The Morgan fingerprint density at radius 2 is 2.00 bits per heavy atom. The Hall–Kier alpha value is -1.59. The van der Waals surface area contributed by atoms with Crippen LogP contribution in [0.2, 0.25) is 5.02 Å². The normalized spacial score (nSPS) is 11.8. The van der Waals surface area contributed by atoms with E-state index in [1.54, 1.807) is 36.1 Å². The SMILES string of the molecule is CCOCCCN(CC(C)C(=O)OC)C(=O)c1ccccc1Cl. The van der Waals surface area contributed by atoms with Crippen molar-refractivity contribution in [3.05, 3.63) is 34.9 Å². The predicted octanol–water partition coefficient (Wildman–Crippen LogP) is 3.02. The zero-order chi connectivity index (χ0) is 17.2. The van der Waals surface area contributed by atoms with E-state index in [-0.39, 0.29) is 18.4 Å². The van der Waals surface area contributed by atoms with E-state index in [0.717, 1.165) is 0 Å². The van der Waals surface area contributed by atoms with Gasteiger partial charge in [-0.25, -0.2) is 0 Å². The third-order valence-electron chi connectivity index (χ3n) is 3.41. The van der Waals surface area contributed by atoms with Gasteiger partial charge in [0.05, 0.1) is 23.6 Å². The lowest BCUT2D eigenvalue weighted by Crippen LogP contribution is -2.38. The van der Waals surface area contributed by atoms with E-state index in [2.05, 4.69) is 0 Å². The number of rotatable bonds is 9. The fourth-order valence-electron chi connectivity index (χ4n) is 2.19. The summed E-state index contributed by atoms with van der Waals surface area (Å²) in [7, 11) is 1.34. The van der Waals surface area contributed by atoms with Gasteiger partial charge in [-0.3, -0.25) is 9.59 Å². The maximum atomic E-state index is 12.7. The highest BCUT2D eigenvalue weighted by Gasteiger charge is 2.23. The Bertz CT molecular complexity index is 521. The first-order valence-electron chi connectivity index (χ1n) is 7.70. The third kappa shape index (κ3) is 6.20. The van der Waals surface area contributed by atoms with E-state index in [1.165, 1.54) is 7.11 Å². The summed E-state index contributed by atoms with van der Waals surface area (Å²) < 4.78 is 10.0. The topological polar surface area (TPSA) is 55.8 Å². The Kier molecular flexibility index (Phi) is 8.66. The molecule has 0 aliphatic carbocycles. The van der Waals surface area contributed by atoms with Crippen LogP contribution in [0.3, 0.4) is 0 Å². The molecule has 1 atom stereocenters. The molecule has 6 heteroatoms. The molecule has 0 N–H and O–H groups in total. The summed E-state index contributed by atoms with van der Waals surface area (Å²) in [5, 5.41) is 0.401. The smallest absolute Gasteiger partial charge is 0.310 e. The molecule has 0 radical (unpaired) electrons. The number of carbonyl (C=O) groups is 2. The Morgan fingerprint density at radius 1 is 1.30 bits per heavy atom. The summed E-state index contributed by atoms with van der Waals surface area (Å²) >= 11 is 6.11. The highest BCUT2D eigenvalue weighted by atomic mass is 35.5. The highest BCUT2D eigenvalue weighted by Crippen LogP contribution is 2.18. The predicted molar refractivity (Wildman–Crippen MR) is 89.6 cm³/mol. The fraction of sp³-hybridized carbons (Fsp3) is 0.529. The van der Waals surface area contributed by atoms with Crippen molar-refractivity contribution in [1.29, 1.82) is 0 Å². The molecule has 0 heterocycles. The molecule has 0 spiro atoms. The quantitative estimate of drug-likeness (QED) is 0.512. The molecule has 128 valence electrons. The molecule has 0 fully saturated rings. The molecular formula is C17H24ClNO4. The minimum atomic E-state index is -0.404. The number of halogens is 1. The molecule has 0 aromatic heterocycles. The van der Waals surface area contributed by atoms with Crippen molar-refractivity contribution in [3.63, 3.8) is 0 Å². The van der Waals surface area contributed by atoms with Crippen molar-refractivity contribution in [2.45, 2.75) is 20.3 Å². The molecule has 5 nitrogen and oxygen atoms in total. The van der Waals surface area contributed by atoms with Gasteiger partial charge >= 0.3 is 5.97 Å². The molecule has 1 unspecified atom stereocenters. The summed E-state index contributed by atoms with van der Waals surface area (Å²) in [5.41, 5.74) is 0.433. The van der Waals surface area contributed by atoms with E-state index in [9.17, 15) is 9.59 Å². The van der Waals surface area contributed by atoms with Crippen LogP contribution < -0.4 is 0 Å². The second kappa shape index (κ2) is 10.2. The summed E-state index contributed by atoms with van der Waals surface area (Å²) in [5.74, 6) is -0.937. The van der Waals surface area contributed by atoms with Gasteiger partial charge in [0.2, 0.25) is 0 Å². The van der Waals surface area contributed by atoms with Gasteiger partial charge in [0.15, 0.2) is 0 Å². The average molecular weight is 342 g/mol. The average Bonchev–Trinajstić information content (AvgIpc) is 2.56. The van der Waals surface area contributed by atoms with Crippen LogP contribution in [0, 0.1) is 5.92 Å². The minimum Gasteiger partial charge on any atom is -0.469 e. The molecular weight excluding hydrogens is 318 g/mol. The Labute approximate surface area is 142 Å². The molecule has 0 saturated heterocycles. The van der Waals surface area contributed by atoms with Crippen LogP contribution in [0.15, 0.2) is 24.3 Å². The fourth-order valence-corrected chi connectivity index (χ4v) is 2.41. The number of methoxy groups -OCH3 is 1. The van der Waals surface area contributed by atoms with Crippen LogP contribution in [0.25, 0.3) is 0 Å². The van der Waals surface area contributed by atoms with Crippen LogP contribution in [0.1, 0.15) is 30.6 Å². The summed E-state index contributed by atoms with van der Waals surface area (Å²) in [6.45, 7) is 5.63. The van der Waals surface area contributed by atoms with Crippen molar-refractivity contribution >= 4 is 23.5 Å². The van der Waals surface area contributed by atoms with Gasteiger partial charge < -0.3 is 14.4 Å². The number of esters is 1. The molecule has 0 saturated carbocycles. The zero-order valence-corrected chi connectivity index (χ0v) is 14.6. The number of ether oxygens (including phenoxy) is 2. The lowest BCUT2D eigenvalue weighted by molar-refractivity contribution is -0.145. The summed E-state index contributed by atoms with van der Waals surface area (Å²) in [6, 6.07) is 6.90. The molecule has 0 bridgehead atoms.